The Kier molecular flexibility index (Phi) is 7.03. The molecule has 5 heteroatoms. The topological polar surface area (TPSA) is 42.8 Å². The minimum atomic E-state index is 0.0617. The summed E-state index contributed by atoms with van der Waals surface area (Å²) in [5, 5.41) is 5.08. The van der Waals surface area contributed by atoms with Crippen molar-refractivity contribution in [3.05, 3.63) is 64.9 Å². The molecule has 0 saturated carbocycles. The second kappa shape index (κ2) is 9.25. The number of amides is 1. The van der Waals surface area contributed by atoms with Crippen molar-refractivity contribution in [1.29, 1.82) is 0 Å². The Bertz CT molecular complexity index is 638. The highest BCUT2D eigenvalue weighted by Crippen LogP contribution is 2.17. The van der Waals surface area contributed by atoms with Gasteiger partial charge in [0.2, 0.25) is 0 Å². The number of nitrogens with one attached hydrogen (secondary N) is 2. The lowest BCUT2D eigenvalue weighted by Crippen LogP contribution is -3.08. The molecule has 4 nitrogen and oxygen atoms in total. The number of benzene rings is 1. The van der Waals surface area contributed by atoms with Crippen molar-refractivity contribution in [3.63, 3.8) is 0 Å². The van der Waals surface area contributed by atoms with Crippen molar-refractivity contribution in [2.75, 3.05) is 20.2 Å². The van der Waals surface area contributed by atoms with Gasteiger partial charge in [0.25, 0.3) is 5.91 Å². The standard InChI is InChI=1S/C19H24N2O2S/c1-4-11-23-17-9-7-16(8-10-17)13-21(3)14-19(22)20-15(2)18-6-5-12-24-18/h4-10,12,15H,1,11,13-14H2,2-3H3,(H,20,22)/p+1/t15-/m1/s1. The lowest BCUT2D eigenvalue weighted by molar-refractivity contribution is -0.885. The Morgan fingerprint density at radius 1 is 1.38 bits per heavy atom. The molecule has 0 bridgehead atoms. The molecule has 2 aromatic rings. The van der Waals surface area contributed by atoms with Gasteiger partial charge in [-0.2, -0.15) is 0 Å². The zero-order valence-electron chi connectivity index (χ0n) is 14.2. The molecule has 0 aliphatic heterocycles. The molecule has 0 fully saturated rings. The highest BCUT2D eigenvalue weighted by atomic mass is 32.1. The van der Waals surface area contributed by atoms with Crippen molar-refractivity contribution >= 4 is 17.2 Å². The lowest BCUT2D eigenvalue weighted by atomic mass is 10.2. The highest BCUT2D eigenvalue weighted by molar-refractivity contribution is 7.10. The van der Waals surface area contributed by atoms with E-state index in [9.17, 15) is 4.79 Å². The van der Waals surface area contributed by atoms with Gasteiger partial charge in [-0.1, -0.05) is 18.7 Å². The molecule has 1 unspecified atom stereocenters. The Labute approximate surface area is 147 Å². The molecule has 2 N–H and O–H groups in total. The second-order valence-electron chi connectivity index (χ2n) is 5.86. The van der Waals surface area contributed by atoms with Gasteiger partial charge in [-0.3, -0.25) is 4.79 Å². The summed E-state index contributed by atoms with van der Waals surface area (Å²) in [5.74, 6) is 0.901. The lowest BCUT2D eigenvalue weighted by Gasteiger charge is -2.16. The molecule has 1 heterocycles. The Balaban J connectivity index is 1.78. The average Bonchev–Trinajstić information content (AvgIpc) is 3.08. The van der Waals surface area contributed by atoms with Gasteiger partial charge in [-0.05, 0) is 42.6 Å². The maximum absolute atomic E-state index is 12.2. The van der Waals surface area contributed by atoms with E-state index >= 15 is 0 Å². The van der Waals surface area contributed by atoms with Crippen molar-refractivity contribution < 1.29 is 14.4 Å². The van der Waals surface area contributed by atoms with E-state index in [4.69, 9.17) is 4.74 Å². The van der Waals surface area contributed by atoms with Crippen LogP contribution in [0.2, 0.25) is 0 Å². The molecule has 0 spiro atoms. The molecule has 0 saturated heterocycles. The SMILES string of the molecule is C=CCOc1ccc(C[NH+](C)CC(=O)N[C@H](C)c2cccs2)cc1. The van der Waals surface area contributed by atoms with Gasteiger partial charge in [0, 0.05) is 10.4 Å². The number of hydrogen-bond donors (Lipinski definition) is 2. The summed E-state index contributed by atoms with van der Waals surface area (Å²) in [4.78, 5) is 14.5. The molecule has 1 amide bonds. The number of thiophene rings is 1. The van der Waals surface area contributed by atoms with Gasteiger partial charge in [0.05, 0.1) is 13.1 Å². The smallest absolute Gasteiger partial charge is 0.275 e. The first-order chi connectivity index (χ1) is 11.6. The molecule has 128 valence electrons. The zero-order chi connectivity index (χ0) is 17.4. The van der Waals surface area contributed by atoms with Crippen molar-refractivity contribution in [2.24, 2.45) is 0 Å². The zero-order valence-corrected chi connectivity index (χ0v) is 15.1. The number of quaternary nitrogens is 1. The Morgan fingerprint density at radius 3 is 2.75 bits per heavy atom. The molecule has 2 atom stereocenters. The molecule has 0 aliphatic carbocycles. The molecular weight excluding hydrogens is 320 g/mol. The third kappa shape index (κ3) is 5.83. The highest BCUT2D eigenvalue weighted by Gasteiger charge is 2.14. The summed E-state index contributed by atoms with van der Waals surface area (Å²) in [5.41, 5.74) is 1.18. The average molecular weight is 345 g/mol. The number of ether oxygens (including phenoxy) is 1. The van der Waals surface area contributed by atoms with E-state index in [1.54, 1.807) is 17.4 Å². The summed E-state index contributed by atoms with van der Waals surface area (Å²) in [7, 11) is 2.03. The molecule has 2 rings (SSSR count). The molecular formula is C19H25N2O2S+. The van der Waals surface area contributed by atoms with Crippen LogP contribution >= 0.6 is 11.3 Å². The maximum Gasteiger partial charge on any atom is 0.275 e. The fourth-order valence-electron chi connectivity index (χ4n) is 2.45. The summed E-state index contributed by atoms with van der Waals surface area (Å²) in [6.07, 6.45) is 1.72. The third-order valence-corrected chi connectivity index (χ3v) is 4.66. The van der Waals surface area contributed by atoms with E-state index in [1.807, 2.05) is 55.7 Å². The van der Waals surface area contributed by atoms with Crippen LogP contribution < -0.4 is 15.0 Å². The van der Waals surface area contributed by atoms with Crippen LogP contribution in [0.1, 0.15) is 23.4 Å². The van der Waals surface area contributed by atoms with E-state index in [0.29, 0.717) is 13.2 Å². The largest absolute Gasteiger partial charge is 0.490 e. The van der Waals surface area contributed by atoms with E-state index in [-0.39, 0.29) is 11.9 Å². The number of carbonyl (C=O) groups excluding carboxylic acids is 1. The van der Waals surface area contributed by atoms with Crippen LogP contribution in [0, 0.1) is 0 Å². The monoisotopic (exact) mass is 345 g/mol. The number of carbonyl (C=O) groups is 1. The summed E-state index contributed by atoms with van der Waals surface area (Å²) >= 11 is 1.66. The van der Waals surface area contributed by atoms with Gasteiger partial charge in [0.1, 0.15) is 18.9 Å². The number of rotatable bonds is 9. The first-order valence-electron chi connectivity index (χ1n) is 8.05. The first-order valence-corrected chi connectivity index (χ1v) is 8.93. The minimum Gasteiger partial charge on any atom is -0.490 e. The van der Waals surface area contributed by atoms with Gasteiger partial charge in [0.15, 0.2) is 6.54 Å². The molecule has 0 aliphatic rings. The van der Waals surface area contributed by atoms with E-state index < -0.39 is 0 Å². The quantitative estimate of drug-likeness (QED) is 0.684. The molecule has 0 radical (unpaired) electrons. The molecule has 1 aromatic carbocycles. The second-order valence-corrected chi connectivity index (χ2v) is 6.84. The fourth-order valence-corrected chi connectivity index (χ4v) is 3.18. The summed E-state index contributed by atoms with van der Waals surface area (Å²) in [6.45, 7) is 7.40. The van der Waals surface area contributed by atoms with Crippen LogP contribution in [0.4, 0.5) is 0 Å². The van der Waals surface area contributed by atoms with Gasteiger partial charge < -0.3 is 15.0 Å². The van der Waals surface area contributed by atoms with E-state index in [1.165, 1.54) is 10.4 Å². The summed E-state index contributed by atoms with van der Waals surface area (Å²) < 4.78 is 5.47. The van der Waals surface area contributed by atoms with Gasteiger partial charge >= 0.3 is 0 Å². The maximum atomic E-state index is 12.2. The Hall–Kier alpha value is -2.11. The minimum absolute atomic E-state index is 0.0617. The first kappa shape index (κ1) is 18.2. The normalized spacial score (nSPS) is 13.1. The van der Waals surface area contributed by atoms with Crippen LogP contribution in [0.25, 0.3) is 0 Å². The van der Waals surface area contributed by atoms with Crippen LogP contribution in [0.5, 0.6) is 5.75 Å². The predicted octanol–water partition coefficient (Wildman–Crippen LogP) is 2.21. The summed E-state index contributed by atoms with van der Waals surface area (Å²) in [6, 6.07) is 12.1. The van der Waals surface area contributed by atoms with E-state index in [2.05, 4.69) is 11.9 Å². The van der Waals surface area contributed by atoms with E-state index in [0.717, 1.165) is 17.2 Å². The van der Waals surface area contributed by atoms with Crippen LogP contribution in [0.15, 0.2) is 54.4 Å². The fraction of sp³-hybridized carbons (Fsp3) is 0.316. The number of likely N-dealkylation sites (N-methyl/N-ethyl adjacent to an activating group) is 1. The van der Waals surface area contributed by atoms with Crippen LogP contribution in [-0.2, 0) is 11.3 Å². The third-order valence-electron chi connectivity index (χ3n) is 3.61. The van der Waals surface area contributed by atoms with Crippen LogP contribution in [0.3, 0.4) is 0 Å². The van der Waals surface area contributed by atoms with Crippen molar-refractivity contribution in [1.82, 2.24) is 5.32 Å². The van der Waals surface area contributed by atoms with Gasteiger partial charge in [-0.25, -0.2) is 0 Å². The molecule has 24 heavy (non-hydrogen) atoms. The predicted molar refractivity (Wildman–Crippen MR) is 98.5 cm³/mol. The van der Waals surface area contributed by atoms with Crippen molar-refractivity contribution in [2.45, 2.75) is 19.5 Å². The van der Waals surface area contributed by atoms with Crippen LogP contribution in [-0.4, -0.2) is 26.1 Å². The van der Waals surface area contributed by atoms with Gasteiger partial charge in [-0.15, -0.1) is 11.3 Å². The Morgan fingerprint density at radius 2 is 2.12 bits per heavy atom. The van der Waals surface area contributed by atoms with Crippen molar-refractivity contribution in [3.8, 4) is 5.75 Å². The molecule has 1 aromatic heterocycles. The number of hydrogen-bond acceptors (Lipinski definition) is 3.